The minimum Gasteiger partial charge on any atom is -0.469 e. The first kappa shape index (κ1) is 47.6. The van der Waals surface area contributed by atoms with Crippen LogP contribution in [0.2, 0.25) is 0 Å². The summed E-state index contributed by atoms with van der Waals surface area (Å²) in [5.41, 5.74) is 8.79. The Kier molecular flexibility index (Phi) is 13.9. The molecule has 5 heterocycles. The number of hydrogen-bond donors (Lipinski definition) is 2. The van der Waals surface area contributed by atoms with Crippen LogP contribution in [0.15, 0.2) is 83.3 Å². The summed E-state index contributed by atoms with van der Waals surface area (Å²) in [6.07, 6.45) is 1.18. The summed E-state index contributed by atoms with van der Waals surface area (Å²) in [4.78, 5) is 79.5. The van der Waals surface area contributed by atoms with Crippen LogP contribution in [0, 0.1) is 26.2 Å². The number of aliphatic imine (C=N–C) groups is 1. The number of thiophene rings is 1. The highest BCUT2D eigenvalue weighted by Gasteiger charge is 2.42. The molecule has 0 saturated carbocycles. The van der Waals surface area contributed by atoms with E-state index in [2.05, 4.69) is 39.7 Å². The maximum absolute atomic E-state index is 14.3. The van der Waals surface area contributed by atoms with Crippen molar-refractivity contribution < 1.29 is 33.4 Å². The molecule has 3 amide bonds. The third kappa shape index (κ3) is 9.63. The number of benzene rings is 3. The fourth-order valence-corrected chi connectivity index (χ4v) is 10.6. The molecule has 3 aromatic heterocycles. The zero-order chi connectivity index (χ0) is 48.4. The fourth-order valence-electron chi connectivity index (χ4n) is 8.61. The molecule has 2 unspecified atom stereocenters. The van der Waals surface area contributed by atoms with Crippen molar-refractivity contribution in [1.82, 2.24) is 35.3 Å². The number of hydrogen-bond acceptors (Lipinski definition) is 13. The quantitative estimate of drug-likeness (QED) is 0.107. The lowest BCUT2D eigenvalue weighted by molar-refractivity contribution is -0.142. The Balaban J connectivity index is 0.931. The molecule has 15 nitrogen and oxygen atoms in total. The lowest BCUT2D eigenvalue weighted by atomic mass is 9.85. The van der Waals surface area contributed by atoms with E-state index in [1.54, 1.807) is 40.8 Å². The number of aromatic nitrogens is 4. The summed E-state index contributed by atoms with van der Waals surface area (Å²) < 4.78 is 12.2. The van der Waals surface area contributed by atoms with E-state index in [4.69, 9.17) is 14.5 Å². The smallest absolute Gasteiger partial charge is 0.358 e. The van der Waals surface area contributed by atoms with Crippen molar-refractivity contribution in [3.8, 4) is 26.6 Å². The predicted octanol–water partition coefficient (Wildman–Crippen LogP) is 8.13. The molecule has 2 aliphatic rings. The second-order valence-electron chi connectivity index (χ2n) is 18.0. The minimum atomic E-state index is -0.899. The van der Waals surface area contributed by atoms with Gasteiger partial charge in [-0.3, -0.25) is 28.7 Å². The van der Waals surface area contributed by atoms with Crippen LogP contribution in [0.1, 0.15) is 113 Å². The van der Waals surface area contributed by atoms with Gasteiger partial charge in [-0.25, -0.2) is 9.78 Å². The predicted molar refractivity (Wildman–Crippen MR) is 261 cm³/mol. The third-order valence-corrected chi connectivity index (χ3v) is 14.5. The first-order valence-electron chi connectivity index (χ1n) is 22.5. The van der Waals surface area contributed by atoms with E-state index < -0.39 is 41.4 Å². The Bertz CT molecular complexity index is 2910. The number of thiazole rings is 1. The van der Waals surface area contributed by atoms with Crippen LogP contribution >= 0.6 is 22.7 Å². The largest absolute Gasteiger partial charge is 0.469 e. The van der Waals surface area contributed by atoms with Gasteiger partial charge in [0.05, 0.1) is 36.2 Å². The Labute approximate surface area is 403 Å². The maximum atomic E-state index is 14.3. The average Bonchev–Trinajstić information content (AvgIpc) is 4.15. The van der Waals surface area contributed by atoms with E-state index in [0.717, 1.165) is 54.5 Å². The molecule has 2 aliphatic heterocycles. The van der Waals surface area contributed by atoms with Gasteiger partial charge in [-0.05, 0) is 85.9 Å². The number of carbonyl (C=O) groups excluding carboxylic acids is 5. The van der Waals surface area contributed by atoms with E-state index in [1.165, 1.54) is 18.4 Å². The molecule has 17 heteroatoms. The summed E-state index contributed by atoms with van der Waals surface area (Å²) >= 11 is 2.99. The van der Waals surface area contributed by atoms with Gasteiger partial charge < -0.3 is 25.0 Å². The number of nitrogens with zero attached hydrogens (tertiary/aromatic N) is 6. The van der Waals surface area contributed by atoms with Crippen molar-refractivity contribution in [2.75, 3.05) is 20.3 Å². The fraction of sp³-hybridized carbons (Fsp3) is 0.353. The van der Waals surface area contributed by atoms with Crippen molar-refractivity contribution in [3.05, 3.63) is 128 Å². The van der Waals surface area contributed by atoms with Crippen molar-refractivity contribution in [2.45, 2.75) is 92.4 Å². The van der Waals surface area contributed by atoms with Crippen molar-refractivity contribution >= 4 is 58.0 Å². The van der Waals surface area contributed by atoms with Gasteiger partial charge in [0, 0.05) is 34.7 Å². The van der Waals surface area contributed by atoms with Gasteiger partial charge in [-0.15, -0.1) is 32.9 Å². The molecule has 0 radical (unpaired) electrons. The molecule has 2 N–H and O–H groups in total. The average molecular weight is 955 g/mol. The molecular formula is C51H54N8O7S2. The Hall–Kier alpha value is -6.85. The second-order valence-corrected chi connectivity index (χ2v) is 20.0. The van der Waals surface area contributed by atoms with Gasteiger partial charge in [0.1, 0.15) is 29.0 Å². The summed E-state index contributed by atoms with van der Waals surface area (Å²) in [7, 11) is 1.36. The van der Waals surface area contributed by atoms with E-state index in [9.17, 15) is 24.0 Å². The molecule has 0 spiro atoms. The molecule has 0 aliphatic carbocycles. The lowest BCUT2D eigenvalue weighted by Crippen LogP contribution is -2.57. The summed E-state index contributed by atoms with van der Waals surface area (Å²) in [6.45, 7) is 14.4. The second kappa shape index (κ2) is 19.8. The molecule has 3 aromatic carbocycles. The molecule has 1 saturated heterocycles. The van der Waals surface area contributed by atoms with E-state index >= 15 is 0 Å². The first-order valence-corrected chi connectivity index (χ1v) is 24.2. The number of fused-ring (bicyclic) bond motifs is 3. The monoisotopic (exact) mass is 954 g/mol. The van der Waals surface area contributed by atoms with Gasteiger partial charge >= 0.3 is 11.9 Å². The zero-order valence-corrected chi connectivity index (χ0v) is 41.0. The number of ether oxygens (including phenoxy) is 2. The highest BCUT2D eigenvalue weighted by molar-refractivity contribution is 7.15. The Morgan fingerprint density at radius 3 is 2.21 bits per heavy atom. The number of esters is 2. The lowest BCUT2D eigenvalue weighted by Gasteiger charge is -2.35. The van der Waals surface area contributed by atoms with Gasteiger partial charge in [0.2, 0.25) is 11.8 Å². The number of amides is 3. The molecule has 3 atom stereocenters. The van der Waals surface area contributed by atoms with Crippen molar-refractivity contribution in [1.29, 1.82) is 0 Å². The van der Waals surface area contributed by atoms with Crippen LogP contribution in [0.3, 0.4) is 0 Å². The van der Waals surface area contributed by atoms with Crippen LogP contribution in [-0.4, -0.2) is 92.4 Å². The van der Waals surface area contributed by atoms with Gasteiger partial charge in [0.25, 0.3) is 5.91 Å². The number of rotatable bonds is 13. The number of aryl methyl sites for hydroxylation is 2. The zero-order valence-electron chi connectivity index (χ0n) is 39.3. The van der Waals surface area contributed by atoms with Crippen LogP contribution < -0.4 is 10.6 Å². The maximum Gasteiger partial charge on any atom is 0.358 e. The summed E-state index contributed by atoms with van der Waals surface area (Å²) in [6, 6.07) is 20.6. The molecule has 68 heavy (non-hydrogen) atoms. The Morgan fingerprint density at radius 2 is 1.54 bits per heavy atom. The molecule has 8 rings (SSSR count). The van der Waals surface area contributed by atoms with E-state index in [-0.39, 0.29) is 37.1 Å². The summed E-state index contributed by atoms with van der Waals surface area (Å²) in [5, 5.41) is 15.8. The molecule has 352 valence electrons. The third-order valence-electron chi connectivity index (χ3n) is 12.4. The summed E-state index contributed by atoms with van der Waals surface area (Å²) in [5.74, 6) is -0.533. The first-order chi connectivity index (χ1) is 32.6. The standard InChI is InChI=1S/C51H54N8O7S2/c1-9-66-50(64)42-43(67-27-53-42)35-14-12-31(13-15-35)26-52-47(62)38-11-10-24-58(38)48(63)44(51(5,6)7)55-46(61)36-22-18-33(19-23-36)32-16-20-34(21-17-32)41-40-28(2)29(3)68-49(40)59-30(4)56-57-45(59)37(54-41)25-39(60)65-8/h12-23,27,37-38,44H,9-11,24-26H2,1-8H3,(H,52,62)(H,55,61)/t37-,38?,44?/m0/s1. The molecule has 6 aromatic rings. The highest BCUT2D eigenvalue weighted by atomic mass is 32.1. The molecular weight excluding hydrogens is 901 g/mol. The Morgan fingerprint density at radius 1 is 0.882 bits per heavy atom. The SMILES string of the molecule is CCOC(=O)c1ncsc1-c1ccc(CNC(=O)C2CCCN2C(=O)C(NC(=O)c2ccc(-c3ccc(C4=N[C@@H](CC(=O)OC)c5nnc(C)n5-c5sc(C)c(C)c54)cc3)cc2)C(C)(C)C)cc1. The van der Waals surface area contributed by atoms with Gasteiger partial charge in [-0.2, -0.15) is 0 Å². The number of likely N-dealkylation sites (tertiary alicyclic amines) is 1. The van der Waals surface area contributed by atoms with Crippen molar-refractivity contribution in [3.63, 3.8) is 0 Å². The highest BCUT2D eigenvalue weighted by Crippen LogP contribution is 2.40. The number of carbonyl (C=O) groups is 5. The molecule has 1 fully saturated rings. The topological polar surface area (TPSA) is 187 Å². The molecule has 0 bridgehead atoms. The number of nitrogens with one attached hydrogen (secondary N) is 2. The normalized spacial score (nSPS) is 15.9. The van der Waals surface area contributed by atoms with Crippen LogP contribution in [-0.2, 0) is 30.4 Å². The minimum absolute atomic E-state index is 0.0141. The van der Waals surface area contributed by atoms with Crippen LogP contribution in [0.25, 0.3) is 26.6 Å². The van der Waals surface area contributed by atoms with Crippen LogP contribution in [0.4, 0.5) is 0 Å². The van der Waals surface area contributed by atoms with Crippen molar-refractivity contribution in [2.24, 2.45) is 10.4 Å². The van der Waals surface area contributed by atoms with E-state index in [1.807, 2.05) is 92.9 Å². The van der Waals surface area contributed by atoms with Gasteiger partial charge in [-0.1, -0.05) is 81.4 Å². The van der Waals surface area contributed by atoms with Crippen LogP contribution in [0.5, 0.6) is 0 Å². The van der Waals surface area contributed by atoms with Gasteiger partial charge in [0.15, 0.2) is 11.5 Å². The number of methoxy groups -OCH3 is 1. The van der Waals surface area contributed by atoms with E-state index in [0.29, 0.717) is 41.5 Å².